The zero-order chi connectivity index (χ0) is 12.9. The SMILES string of the molecule is CCOCCS(=O)(=O)N1CCC(O)C(CC)C1. The fourth-order valence-corrected chi connectivity index (χ4v) is 3.47. The molecule has 0 aliphatic carbocycles. The lowest BCUT2D eigenvalue weighted by atomic mass is 9.94. The van der Waals surface area contributed by atoms with Crippen LogP contribution < -0.4 is 0 Å². The molecule has 17 heavy (non-hydrogen) atoms. The van der Waals surface area contributed by atoms with E-state index in [-0.39, 0.29) is 24.4 Å². The molecule has 1 N–H and O–H groups in total. The smallest absolute Gasteiger partial charge is 0.216 e. The second kappa shape index (κ2) is 6.68. The molecule has 0 spiro atoms. The molecule has 102 valence electrons. The highest BCUT2D eigenvalue weighted by atomic mass is 32.2. The van der Waals surface area contributed by atoms with Crippen molar-refractivity contribution < 1.29 is 18.3 Å². The molecule has 0 aromatic carbocycles. The van der Waals surface area contributed by atoms with Gasteiger partial charge < -0.3 is 9.84 Å². The molecule has 1 aliphatic heterocycles. The zero-order valence-electron chi connectivity index (χ0n) is 10.6. The van der Waals surface area contributed by atoms with Crippen LogP contribution >= 0.6 is 0 Å². The van der Waals surface area contributed by atoms with Crippen molar-refractivity contribution in [2.75, 3.05) is 32.1 Å². The Kier molecular flexibility index (Phi) is 5.85. The molecular formula is C11H23NO4S. The number of hydrogen-bond acceptors (Lipinski definition) is 4. The number of nitrogens with zero attached hydrogens (tertiary/aromatic N) is 1. The summed E-state index contributed by atoms with van der Waals surface area (Å²) in [6.45, 7) is 5.46. The van der Waals surface area contributed by atoms with E-state index in [9.17, 15) is 13.5 Å². The summed E-state index contributed by atoms with van der Waals surface area (Å²) in [5.74, 6) is 0.0958. The minimum absolute atomic E-state index is 0.0351. The highest BCUT2D eigenvalue weighted by Gasteiger charge is 2.32. The van der Waals surface area contributed by atoms with Crippen molar-refractivity contribution in [3.63, 3.8) is 0 Å². The van der Waals surface area contributed by atoms with Gasteiger partial charge in [0.1, 0.15) is 0 Å². The van der Waals surface area contributed by atoms with Crippen LogP contribution in [0, 0.1) is 5.92 Å². The van der Waals surface area contributed by atoms with E-state index in [0.717, 1.165) is 6.42 Å². The molecule has 5 nitrogen and oxygen atoms in total. The second-order valence-corrected chi connectivity index (χ2v) is 6.48. The molecule has 0 aromatic rings. The Morgan fingerprint density at radius 1 is 1.41 bits per heavy atom. The maximum Gasteiger partial charge on any atom is 0.216 e. The van der Waals surface area contributed by atoms with Crippen molar-refractivity contribution in [3.8, 4) is 0 Å². The summed E-state index contributed by atoms with van der Waals surface area (Å²) in [5, 5.41) is 9.72. The van der Waals surface area contributed by atoms with Gasteiger partial charge in [-0.1, -0.05) is 6.92 Å². The first-order valence-corrected chi connectivity index (χ1v) is 7.85. The molecule has 1 saturated heterocycles. The number of aliphatic hydroxyl groups excluding tert-OH is 1. The first kappa shape index (κ1) is 14.9. The van der Waals surface area contributed by atoms with Gasteiger partial charge in [-0.15, -0.1) is 0 Å². The Hall–Kier alpha value is -0.170. The normalized spacial score (nSPS) is 27.2. The van der Waals surface area contributed by atoms with Gasteiger partial charge in [0, 0.05) is 19.7 Å². The van der Waals surface area contributed by atoms with Gasteiger partial charge in [0.15, 0.2) is 0 Å². The Morgan fingerprint density at radius 3 is 2.71 bits per heavy atom. The van der Waals surface area contributed by atoms with Crippen LogP contribution in [0.15, 0.2) is 0 Å². The summed E-state index contributed by atoms with van der Waals surface area (Å²) in [6.07, 6.45) is 0.976. The van der Waals surface area contributed by atoms with E-state index in [1.165, 1.54) is 4.31 Å². The van der Waals surface area contributed by atoms with Crippen LogP contribution in [0.3, 0.4) is 0 Å². The van der Waals surface area contributed by atoms with Gasteiger partial charge in [-0.05, 0) is 25.7 Å². The standard InChI is InChI=1S/C11H23NO4S/c1-3-10-9-12(6-5-11(10)13)17(14,15)8-7-16-4-2/h10-11,13H,3-9H2,1-2H3. The molecule has 1 heterocycles. The fourth-order valence-electron chi connectivity index (χ4n) is 2.08. The quantitative estimate of drug-likeness (QED) is 0.708. The number of hydrogen-bond donors (Lipinski definition) is 1. The van der Waals surface area contributed by atoms with Crippen LogP contribution in [0.25, 0.3) is 0 Å². The van der Waals surface area contributed by atoms with Crippen LogP contribution in [0.4, 0.5) is 0 Å². The fraction of sp³-hybridized carbons (Fsp3) is 1.00. The third kappa shape index (κ3) is 4.21. The molecule has 1 fully saturated rings. The summed E-state index contributed by atoms with van der Waals surface area (Å²) in [6, 6.07) is 0. The van der Waals surface area contributed by atoms with Gasteiger partial charge in [-0.25, -0.2) is 12.7 Å². The molecule has 6 heteroatoms. The van der Waals surface area contributed by atoms with Crippen molar-refractivity contribution in [3.05, 3.63) is 0 Å². The van der Waals surface area contributed by atoms with E-state index < -0.39 is 10.0 Å². The van der Waals surface area contributed by atoms with Crippen molar-refractivity contribution in [1.82, 2.24) is 4.31 Å². The first-order valence-electron chi connectivity index (χ1n) is 6.24. The van der Waals surface area contributed by atoms with Crippen LogP contribution in [0.5, 0.6) is 0 Å². The molecule has 0 radical (unpaired) electrons. The topological polar surface area (TPSA) is 66.8 Å². The lowest BCUT2D eigenvalue weighted by molar-refractivity contribution is 0.0518. The lowest BCUT2D eigenvalue weighted by Crippen LogP contribution is -2.46. The minimum atomic E-state index is -3.22. The number of sulfonamides is 1. The summed E-state index contributed by atoms with van der Waals surface area (Å²) in [5.41, 5.74) is 0. The number of piperidine rings is 1. The van der Waals surface area contributed by atoms with Crippen LogP contribution in [0.1, 0.15) is 26.7 Å². The Balaban J connectivity index is 2.54. The highest BCUT2D eigenvalue weighted by Crippen LogP contribution is 2.22. The Morgan fingerprint density at radius 2 is 2.12 bits per heavy atom. The van der Waals surface area contributed by atoms with E-state index in [0.29, 0.717) is 26.1 Å². The summed E-state index contributed by atoms with van der Waals surface area (Å²) in [7, 11) is -3.22. The number of rotatable bonds is 6. The molecule has 2 unspecified atom stereocenters. The molecule has 2 atom stereocenters. The minimum Gasteiger partial charge on any atom is -0.393 e. The average Bonchev–Trinajstić information content (AvgIpc) is 2.29. The molecule has 1 rings (SSSR count). The van der Waals surface area contributed by atoms with Crippen LogP contribution in [0.2, 0.25) is 0 Å². The average molecular weight is 265 g/mol. The molecule has 0 amide bonds. The summed E-state index contributed by atoms with van der Waals surface area (Å²) >= 11 is 0. The summed E-state index contributed by atoms with van der Waals surface area (Å²) in [4.78, 5) is 0. The number of aliphatic hydroxyl groups is 1. The van der Waals surface area contributed by atoms with Gasteiger partial charge in [-0.2, -0.15) is 0 Å². The van der Waals surface area contributed by atoms with Crippen LogP contribution in [-0.2, 0) is 14.8 Å². The van der Waals surface area contributed by atoms with Gasteiger partial charge in [0.2, 0.25) is 10.0 Å². The molecule has 0 bridgehead atoms. The van der Waals surface area contributed by atoms with E-state index in [4.69, 9.17) is 4.74 Å². The van der Waals surface area contributed by atoms with Gasteiger partial charge in [0.05, 0.1) is 18.5 Å². The van der Waals surface area contributed by atoms with E-state index in [1.807, 2.05) is 13.8 Å². The van der Waals surface area contributed by atoms with Crippen LogP contribution in [-0.4, -0.2) is 56.0 Å². The van der Waals surface area contributed by atoms with E-state index in [2.05, 4.69) is 0 Å². The predicted octanol–water partition coefficient (Wildman–Crippen LogP) is 0.445. The zero-order valence-corrected chi connectivity index (χ0v) is 11.4. The lowest BCUT2D eigenvalue weighted by Gasteiger charge is -2.34. The maximum absolute atomic E-state index is 12.0. The van der Waals surface area contributed by atoms with E-state index in [1.54, 1.807) is 0 Å². The van der Waals surface area contributed by atoms with Gasteiger partial charge in [0.25, 0.3) is 0 Å². The molecule has 1 aliphatic rings. The Labute approximate surface area is 104 Å². The monoisotopic (exact) mass is 265 g/mol. The Bertz CT molecular complexity index is 317. The van der Waals surface area contributed by atoms with Crippen molar-refractivity contribution in [2.45, 2.75) is 32.8 Å². The highest BCUT2D eigenvalue weighted by molar-refractivity contribution is 7.89. The third-order valence-electron chi connectivity index (χ3n) is 3.26. The summed E-state index contributed by atoms with van der Waals surface area (Å²) < 4.78 is 30.6. The van der Waals surface area contributed by atoms with Crippen molar-refractivity contribution in [1.29, 1.82) is 0 Å². The molecule has 0 aromatic heterocycles. The predicted molar refractivity (Wildman–Crippen MR) is 66.3 cm³/mol. The maximum atomic E-state index is 12.0. The van der Waals surface area contributed by atoms with Gasteiger partial charge >= 0.3 is 0 Å². The largest absolute Gasteiger partial charge is 0.393 e. The van der Waals surface area contributed by atoms with Gasteiger partial charge in [-0.3, -0.25) is 0 Å². The first-order chi connectivity index (χ1) is 8.01. The molecular weight excluding hydrogens is 242 g/mol. The second-order valence-electron chi connectivity index (χ2n) is 4.40. The van der Waals surface area contributed by atoms with Crippen molar-refractivity contribution in [2.24, 2.45) is 5.92 Å². The third-order valence-corrected chi connectivity index (χ3v) is 5.07. The van der Waals surface area contributed by atoms with E-state index >= 15 is 0 Å². The van der Waals surface area contributed by atoms with Crippen molar-refractivity contribution >= 4 is 10.0 Å². The number of ether oxygens (including phenoxy) is 1. The molecule has 0 saturated carbocycles.